The first-order chi connectivity index (χ1) is 17.4. The largest absolute Gasteiger partial charge is 0.508 e. The smallest absolute Gasteiger partial charge is 0.326 e. The second-order valence-corrected chi connectivity index (χ2v) is 8.19. The standard InChI is InChI=1S/C28H25N3O5/c1-2-31-27(34)24(26(33)29-22(28(35)36)17-18-13-15-21(32)16-14-18)23(19-9-5-3-6-10-19)25(30-31)20-11-7-4-8-12-20/h3-16,22,32H,2,17H2,1H3,(H,29,33)(H,35,36). The minimum absolute atomic E-state index is 0.0272. The van der Waals surface area contributed by atoms with Gasteiger partial charge < -0.3 is 15.5 Å². The molecular formula is C28H25N3O5. The summed E-state index contributed by atoms with van der Waals surface area (Å²) in [4.78, 5) is 39.1. The Balaban J connectivity index is 1.85. The van der Waals surface area contributed by atoms with Crippen molar-refractivity contribution in [3.05, 3.63) is 106 Å². The Morgan fingerprint density at radius 1 is 0.917 bits per heavy atom. The van der Waals surface area contributed by atoms with E-state index < -0.39 is 23.5 Å². The number of hydrogen-bond donors (Lipinski definition) is 3. The Bertz CT molecular complexity index is 1430. The molecule has 1 heterocycles. The van der Waals surface area contributed by atoms with E-state index in [0.717, 1.165) is 0 Å². The fraction of sp³-hybridized carbons (Fsp3) is 0.143. The van der Waals surface area contributed by atoms with Crippen molar-refractivity contribution in [3.8, 4) is 28.1 Å². The van der Waals surface area contributed by atoms with E-state index in [9.17, 15) is 24.6 Å². The zero-order valence-corrected chi connectivity index (χ0v) is 19.6. The lowest BCUT2D eigenvalue weighted by Gasteiger charge is -2.19. The summed E-state index contributed by atoms with van der Waals surface area (Å²) in [6, 6.07) is 22.9. The molecule has 1 amide bonds. The lowest BCUT2D eigenvalue weighted by molar-refractivity contribution is -0.139. The van der Waals surface area contributed by atoms with E-state index in [1.165, 1.54) is 16.8 Å². The summed E-state index contributed by atoms with van der Waals surface area (Å²) >= 11 is 0. The number of hydrogen-bond acceptors (Lipinski definition) is 5. The molecule has 3 aromatic carbocycles. The van der Waals surface area contributed by atoms with Gasteiger partial charge in [-0.1, -0.05) is 72.8 Å². The normalized spacial score (nSPS) is 11.6. The number of rotatable bonds is 8. The number of carbonyl (C=O) groups excluding carboxylic acids is 1. The number of aromatic nitrogens is 2. The van der Waals surface area contributed by atoms with Crippen molar-refractivity contribution >= 4 is 11.9 Å². The Hall–Kier alpha value is -4.72. The predicted octanol–water partition coefficient (Wildman–Crippen LogP) is 3.73. The third-order valence-electron chi connectivity index (χ3n) is 5.77. The molecule has 36 heavy (non-hydrogen) atoms. The summed E-state index contributed by atoms with van der Waals surface area (Å²) in [5, 5.41) is 26.4. The molecule has 0 spiro atoms. The molecule has 0 aliphatic rings. The van der Waals surface area contributed by atoms with Crippen LogP contribution in [0.1, 0.15) is 22.8 Å². The van der Waals surface area contributed by atoms with Crippen LogP contribution in [0.3, 0.4) is 0 Å². The first-order valence-electron chi connectivity index (χ1n) is 11.5. The molecule has 4 rings (SSSR count). The number of carboxylic acid groups (broad SMARTS) is 1. The van der Waals surface area contributed by atoms with Gasteiger partial charge in [0.15, 0.2) is 0 Å². The van der Waals surface area contributed by atoms with Crippen molar-refractivity contribution in [2.75, 3.05) is 0 Å². The fourth-order valence-electron chi connectivity index (χ4n) is 3.98. The summed E-state index contributed by atoms with van der Waals surface area (Å²) in [7, 11) is 0. The number of benzene rings is 3. The molecule has 1 unspecified atom stereocenters. The van der Waals surface area contributed by atoms with Gasteiger partial charge in [-0.05, 0) is 30.2 Å². The molecule has 0 bridgehead atoms. The van der Waals surface area contributed by atoms with Gasteiger partial charge in [0.2, 0.25) is 0 Å². The molecule has 1 aromatic heterocycles. The summed E-state index contributed by atoms with van der Waals surface area (Å²) in [5.74, 6) is -2.00. The van der Waals surface area contributed by atoms with Gasteiger partial charge in [-0.15, -0.1) is 0 Å². The van der Waals surface area contributed by atoms with Crippen LogP contribution in [-0.2, 0) is 17.8 Å². The zero-order valence-electron chi connectivity index (χ0n) is 19.6. The summed E-state index contributed by atoms with van der Waals surface area (Å²) in [6.45, 7) is 1.97. The minimum atomic E-state index is -1.30. The Morgan fingerprint density at radius 2 is 1.50 bits per heavy atom. The number of aromatic hydroxyl groups is 1. The number of nitrogens with zero attached hydrogens (tertiary/aromatic N) is 2. The Labute approximate surface area is 207 Å². The molecule has 4 aromatic rings. The molecule has 0 aliphatic carbocycles. The van der Waals surface area contributed by atoms with Crippen LogP contribution < -0.4 is 10.9 Å². The third kappa shape index (κ3) is 5.17. The highest BCUT2D eigenvalue weighted by atomic mass is 16.4. The van der Waals surface area contributed by atoms with Crippen LogP contribution in [0.5, 0.6) is 5.75 Å². The number of nitrogens with one attached hydrogen (secondary N) is 1. The molecule has 0 aliphatic heterocycles. The summed E-state index contributed by atoms with van der Waals surface area (Å²) in [5.41, 5.74) is 1.93. The van der Waals surface area contributed by atoms with Gasteiger partial charge in [-0.2, -0.15) is 5.10 Å². The zero-order chi connectivity index (χ0) is 25.7. The second-order valence-electron chi connectivity index (χ2n) is 8.19. The second kappa shape index (κ2) is 10.7. The van der Waals surface area contributed by atoms with E-state index in [-0.39, 0.29) is 24.3 Å². The van der Waals surface area contributed by atoms with Gasteiger partial charge in [0.1, 0.15) is 17.4 Å². The molecule has 8 heteroatoms. The number of carboxylic acids is 1. The van der Waals surface area contributed by atoms with Crippen LogP contribution in [0.4, 0.5) is 0 Å². The number of carbonyl (C=O) groups is 2. The first kappa shape index (κ1) is 24.4. The van der Waals surface area contributed by atoms with E-state index in [1.807, 2.05) is 36.4 Å². The average Bonchev–Trinajstić information content (AvgIpc) is 2.90. The van der Waals surface area contributed by atoms with Crippen molar-refractivity contribution in [2.24, 2.45) is 0 Å². The highest BCUT2D eigenvalue weighted by Gasteiger charge is 2.28. The first-order valence-corrected chi connectivity index (χ1v) is 11.5. The van der Waals surface area contributed by atoms with Gasteiger partial charge in [-0.3, -0.25) is 9.59 Å². The third-order valence-corrected chi connectivity index (χ3v) is 5.77. The van der Waals surface area contributed by atoms with E-state index >= 15 is 0 Å². The molecular weight excluding hydrogens is 458 g/mol. The SMILES string of the molecule is CCn1nc(-c2ccccc2)c(-c2ccccc2)c(C(=O)NC(Cc2ccc(O)cc2)C(=O)O)c1=O. The van der Waals surface area contributed by atoms with Crippen molar-refractivity contribution in [3.63, 3.8) is 0 Å². The van der Waals surface area contributed by atoms with Gasteiger partial charge in [0.05, 0.1) is 5.69 Å². The predicted molar refractivity (Wildman–Crippen MR) is 136 cm³/mol. The lowest BCUT2D eigenvalue weighted by Crippen LogP contribution is -2.45. The monoisotopic (exact) mass is 483 g/mol. The Kier molecular flexibility index (Phi) is 7.25. The number of aryl methyl sites for hydroxylation is 1. The molecule has 0 fully saturated rings. The molecule has 0 saturated heterocycles. The maximum Gasteiger partial charge on any atom is 0.326 e. The topological polar surface area (TPSA) is 122 Å². The molecule has 182 valence electrons. The highest BCUT2D eigenvalue weighted by Crippen LogP contribution is 2.32. The number of phenols is 1. The van der Waals surface area contributed by atoms with Gasteiger partial charge in [0.25, 0.3) is 11.5 Å². The highest BCUT2D eigenvalue weighted by molar-refractivity contribution is 6.04. The van der Waals surface area contributed by atoms with Crippen LogP contribution in [0, 0.1) is 0 Å². The quantitative estimate of drug-likeness (QED) is 0.351. The van der Waals surface area contributed by atoms with Crippen LogP contribution in [0.25, 0.3) is 22.4 Å². The minimum Gasteiger partial charge on any atom is -0.508 e. The van der Waals surface area contributed by atoms with E-state index in [1.54, 1.807) is 43.3 Å². The lowest BCUT2D eigenvalue weighted by atomic mass is 9.94. The molecule has 0 saturated carbocycles. The number of amides is 1. The number of phenolic OH excluding ortho intramolecular Hbond substituents is 1. The maximum absolute atomic E-state index is 13.6. The van der Waals surface area contributed by atoms with Crippen molar-refractivity contribution in [1.29, 1.82) is 0 Å². The van der Waals surface area contributed by atoms with E-state index in [2.05, 4.69) is 10.4 Å². The molecule has 1 atom stereocenters. The van der Waals surface area contributed by atoms with Crippen LogP contribution >= 0.6 is 0 Å². The molecule has 8 nitrogen and oxygen atoms in total. The Morgan fingerprint density at radius 3 is 2.06 bits per heavy atom. The van der Waals surface area contributed by atoms with Crippen LogP contribution in [0.2, 0.25) is 0 Å². The van der Waals surface area contributed by atoms with Gasteiger partial charge >= 0.3 is 5.97 Å². The average molecular weight is 484 g/mol. The van der Waals surface area contributed by atoms with E-state index in [4.69, 9.17) is 0 Å². The van der Waals surface area contributed by atoms with Crippen LogP contribution in [0.15, 0.2) is 89.7 Å². The van der Waals surface area contributed by atoms with Crippen molar-refractivity contribution in [2.45, 2.75) is 25.9 Å². The van der Waals surface area contributed by atoms with Crippen molar-refractivity contribution < 1.29 is 19.8 Å². The van der Waals surface area contributed by atoms with Gasteiger partial charge in [-0.25, -0.2) is 9.48 Å². The van der Waals surface area contributed by atoms with Crippen molar-refractivity contribution in [1.82, 2.24) is 15.1 Å². The molecule has 0 radical (unpaired) electrons. The molecule has 3 N–H and O–H groups in total. The summed E-state index contributed by atoms with van der Waals surface area (Å²) in [6.07, 6.45) is -0.0272. The van der Waals surface area contributed by atoms with Crippen LogP contribution in [-0.4, -0.2) is 37.9 Å². The summed E-state index contributed by atoms with van der Waals surface area (Å²) < 4.78 is 1.21. The number of aliphatic carboxylic acids is 1. The van der Waals surface area contributed by atoms with Gasteiger partial charge in [0, 0.05) is 24.1 Å². The maximum atomic E-state index is 13.6. The fourth-order valence-corrected chi connectivity index (χ4v) is 3.98. The van der Waals surface area contributed by atoms with E-state index in [0.29, 0.717) is 27.9 Å².